The van der Waals surface area contributed by atoms with Crippen molar-refractivity contribution >= 4 is 26.9 Å². The van der Waals surface area contributed by atoms with Crippen LogP contribution in [0.4, 0.5) is 0 Å². The number of aryl methyl sites for hydroxylation is 2. The van der Waals surface area contributed by atoms with Crippen molar-refractivity contribution < 1.29 is 22.4 Å². The number of carbonyl (C=O) groups excluding carboxylic acids is 1. The Morgan fingerprint density at radius 3 is 2.32 bits per heavy atom. The average Bonchev–Trinajstić information content (AvgIpc) is 2.72. The lowest BCUT2D eigenvalue weighted by molar-refractivity contribution is -0.127. The highest BCUT2D eigenvalue weighted by molar-refractivity contribution is 7.89. The molecule has 0 saturated carbocycles. The van der Waals surface area contributed by atoms with E-state index in [1.54, 1.807) is 45.0 Å². The highest BCUT2D eigenvalue weighted by Crippen LogP contribution is 2.29. The van der Waals surface area contributed by atoms with Crippen LogP contribution in [0.25, 0.3) is 11.0 Å². The van der Waals surface area contributed by atoms with Gasteiger partial charge in [-0.1, -0.05) is 12.1 Å². The molecule has 2 aromatic carbocycles. The van der Waals surface area contributed by atoms with Crippen LogP contribution >= 0.6 is 0 Å². The van der Waals surface area contributed by atoms with Crippen LogP contribution in [-0.2, 0) is 21.4 Å². The molecule has 0 spiro atoms. The Kier molecular flexibility index (Phi) is 6.19. The summed E-state index contributed by atoms with van der Waals surface area (Å²) in [5.41, 5.74) is 2.79. The van der Waals surface area contributed by atoms with Crippen molar-refractivity contribution in [2.24, 2.45) is 5.14 Å². The molecule has 0 bridgehead atoms. The number of nitrogens with one attached hydrogen (secondary N) is 1. The van der Waals surface area contributed by atoms with Crippen LogP contribution in [0.5, 0.6) is 5.75 Å². The summed E-state index contributed by atoms with van der Waals surface area (Å²) in [4.78, 5) is 24.5. The van der Waals surface area contributed by atoms with Crippen LogP contribution in [-0.4, -0.2) is 20.4 Å². The largest absolute Gasteiger partial charge is 0.480 e. The van der Waals surface area contributed by atoms with Gasteiger partial charge in [0, 0.05) is 23.1 Å². The third kappa shape index (κ3) is 4.78. The number of amides is 1. The number of benzene rings is 2. The molecule has 0 aliphatic rings. The van der Waals surface area contributed by atoms with Crippen LogP contribution in [0.3, 0.4) is 0 Å². The monoisotopic (exact) mass is 444 g/mol. The lowest BCUT2D eigenvalue weighted by Crippen LogP contribution is -2.36. The van der Waals surface area contributed by atoms with Gasteiger partial charge in [0.25, 0.3) is 5.91 Å². The van der Waals surface area contributed by atoms with Gasteiger partial charge in [0.2, 0.25) is 10.0 Å². The van der Waals surface area contributed by atoms with E-state index in [4.69, 9.17) is 14.3 Å². The molecule has 3 rings (SSSR count). The summed E-state index contributed by atoms with van der Waals surface area (Å²) in [6, 6.07) is 9.47. The highest BCUT2D eigenvalue weighted by atomic mass is 32.2. The molecule has 3 N–H and O–H groups in total. The Morgan fingerprint density at radius 1 is 1.06 bits per heavy atom. The number of fused-ring (bicyclic) bond motifs is 1. The molecule has 164 valence electrons. The smallest absolute Gasteiger partial charge is 0.339 e. The number of hydrogen-bond acceptors (Lipinski definition) is 6. The lowest BCUT2D eigenvalue weighted by Gasteiger charge is -2.17. The Balaban J connectivity index is 1.71. The predicted octanol–water partition coefficient (Wildman–Crippen LogP) is 2.45. The second-order valence-corrected chi connectivity index (χ2v) is 8.93. The first-order valence-electron chi connectivity index (χ1n) is 9.58. The second-order valence-electron chi connectivity index (χ2n) is 7.37. The van der Waals surface area contributed by atoms with E-state index < -0.39 is 21.8 Å². The molecule has 0 aliphatic heterocycles. The van der Waals surface area contributed by atoms with Gasteiger partial charge in [-0.15, -0.1) is 0 Å². The zero-order valence-electron chi connectivity index (χ0n) is 17.7. The van der Waals surface area contributed by atoms with Crippen molar-refractivity contribution in [2.45, 2.75) is 45.2 Å². The fourth-order valence-electron chi connectivity index (χ4n) is 3.13. The molecule has 0 saturated heterocycles. The molecule has 0 fully saturated rings. The maximum Gasteiger partial charge on any atom is 0.339 e. The number of sulfonamides is 1. The quantitative estimate of drug-likeness (QED) is 0.562. The Morgan fingerprint density at radius 2 is 1.71 bits per heavy atom. The Labute approximate surface area is 180 Å². The molecule has 8 nitrogen and oxygen atoms in total. The third-order valence-corrected chi connectivity index (χ3v) is 6.14. The van der Waals surface area contributed by atoms with Crippen molar-refractivity contribution in [3.8, 4) is 5.75 Å². The minimum absolute atomic E-state index is 0.00291. The second kappa shape index (κ2) is 8.52. The SMILES string of the molecule is Cc1c(C)c2ccc(O[C@@H](C)C(=O)NCc3ccc(S(N)(=O)=O)cc3)c(C)c2oc1=O. The molecule has 1 atom stereocenters. The van der Waals surface area contributed by atoms with Crippen molar-refractivity contribution in [1.82, 2.24) is 5.32 Å². The lowest BCUT2D eigenvalue weighted by atomic mass is 10.0. The molecule has 3 aromatic rings. The van der Waals surface area contributed by atoms with E-state index in [0.29, 0.717) is 28.0 Å². The number of ether oxygens (including phenoxy) is 1. The zero-order valence-corrected chi connectivity index (χ0v) is 18.5. The van der Waals surface area contributed by atoms with E-state index in [9.17, 15) is 18.0 Å². The van der Waals surface area contributed by atoms with Gasteiger partial charge in [-0.2, -0.15) is 0 Å². The summed E-state index contributed by atoms with van der Waals surface area (Å²) >= 11 is 0. The maximum atomic E-state index is 12.4. The van der Waals surface area contributed by atoms with E-state index >= 15 is 0 Å². The minimum atomic E-state index is -3.76. The van der Waals surface area contributed by atoms with Gasteiger partial charge in [-0.05, 0) is 63.1 Å². The molecule has 1 heterocycles. The number of hydrogen-bond donors (Lipinski definition) is 2. The first-order chi connectivity index (χ1) is 14.5. The molecule has 9 heteroatoms. The summed E-state index contributed by atoms with van der Waals surface area (Å²) in [5, 5.41) is 8.64. The Bertz CT molecular complexity index is 1310. The molecule has 1 aromatic heterocycles. The number of primary sulfonamides is 1. The van der Waals surface area contributed by atoms with Crippen molar-refractivity contribution in [3.05, 3.63) is 69.1 Å². The molecular formula is C22H24N2O6S. The van der Waals surface area contributed by atoms with Crippen LogP contribution in [0.1, 0.15) is 29.2 Å². The minimum Gasteiger partial charge on any atom is -0.480 e. The molecule has 0 radical (unpaired) electrons. The van der Waals surface area contributed by atoms with Crippen molar-refractivity contribution in [3.63, 3.8) is 0 Å². The molecule has 0 aliphatic carbocycles. The molecule has 31 heavy (non-hydrogen) atoms. The normalized spacial score (nSPS) is 12.5. The Hall–Kier alpha value is -3.17. The predicted molar refractivity (Wildman–Crippen MR) is 116 cm³/mol. The van der Waals surface area contributed by atoms with Crippen LogP contribution in [0, 0.1) is 20.8 Å². The van der Waals surface area contributed by atoms with E-state index in [0.717, 1.165) is 10.9 Å². The number of rotatable bonds is 6. The van der Waals surface area contributed by atoms with Gasteiger partial charge in [0.05, 0.1) is 4.90 Å². The van der Waals surface area contributed by atoms with Crippen LogP contribution < -0.4 is 20.8 Å². The first-order valence-corrected chi connectivity index (χ1v) is 11.1. The number of carbonyl (C=O) groups is 1. The fraction of sp³-hybridized carbons (Fsp3) is 0.273. The zero-order chi connectivity index (χ0) is 22.9. The van der Waals surface area contributed by atoms with Crippen molar-refractivity contribution in [2.75, 3.05) is 0 Å². The van der Waals surface area contributed by atoms with Gasteiger partial charge in [-0.25, -0.2) is 18.4 Å². The van der Waals surface area contributed by atoms with Crippen molar-refractivity contribution in [1.29, 1.82) is 0 Å². The van der Waals surface area contributed by atoms with E-state index in [-0.39, 0.29) is 17.3 Å². The molecule has 1 amide bonds. The average molecular weight is 445 g/mol. The van der Waals surface area contributed by atoms with E-state index in [2.05, 4.69) is 5.32 Å². The van der Waals surface area contributed by atoms with E-state index in [1.165, 1.54) is 12.1 Å². The van der Waals surface area contributed by atoms with Crippen LogP contribution in [0.15, 0.2) is 50.5 Å². The molecule has 0 unspecified atom stereocenters. The topological polar surface area (TPSA) is 129 Å². The summed E-state index contributed by atoms with van der Waals surface area (Å²) in [6.45, 7) is 7.16. The van der Waals surface area contributed by atoms with Gasteiger partial charge in [0.15, 0.2) is 6.10 Å². The van der Waals surface area contributed by atoms with Gasteiger partial charge in [0.1, 0.15) is 11.3 Å². The first kappa shape index (κ1) is 22.5. The number of nitrogens with two attached hydrogens (primary N) is 1. The summed E-state index contributed by atoms with van der Waals surface area (Å²) < 4.78 is 33.9. The highest BCUT2D eigenvalue weighted by Gasteiger charge is 2.18. The van der Waals surface area contributed by atoms with Gasteiger partial charge in [-0.3, -0.25) is 4.79 Å². The summed E-state index contributed by atoms with van der Waals surface area (Å²) in [7, 11) is -3.76. The summed E-state index contributed by atoms with van der Waals surface area (Å²) in [5.74, 6) is 0.0932. The van der Waals surface area contributed by atoms with Gasteiger partial charge >= 0.3 is 5.63 Å². The van der Waals surface area contributed by atoms with E-state index in [1.807, 2.05) is 6.92 Å². The fourth-order valence-corrected chi connectivity index (χ4v) is 3.64. The summed E-state index contributed by atoms with van der Waals surface area (Å²) in [6.07, 6.45) is -0.807. The third-order valence-electron chi connectivity index (χ3n) is 5.22. The maximum absolute atomic E-state index is 12.4. The standard InChI is InChI=1S/C22H24N2O6S/c1-12-13(2)22(26)30-20-14(3)19(10-9-18(12)20)29-15(4)21(25)24-11-16-5-7-17(8-6-16)31(23,27)28/h5-10,15H,11H2,1-4H3,(H,24,25)(H2,23,27,28)/t15-/m0/s1. The molecular weight excluding hydrogens is 420 g/mol. The van der Waals surface area contributed by atoms with Crippen LogP contribution in [0.2, 0.25) is 0 Å². The van der Waals surface area contributed by atoms with Gasteiger partial charge < -0.3 is 14.5 Å².